The van der Waals surface area contributed by atoms with Crippen LogP contribution in [-0.4, -0.2) is 41.5 Å². The number of nitrogens with zero attached hydrogens (tertiary/aromatic N) is 1. The average Bonchev–Trinajstić information content (AvgIpc) is 3.26. The molecule has 1 heterocycles. The lowest BCUT2D eigenvalue weighted by Gasteiger charge is -2.30. The largest absolute Gasteiger partial charge is 0.573 e. The fourth-order valence-electron chi connectivity index (χ4n) is 3.14. The van der Waals surface area contributed by atoms with Crippen LogP contribution < -0.4 is 4.74 Å². The van der Waals surface area contributed by atoms with Gasteiger partial charge >= 0.3 is 6.36 Å². The summed E-state index contributed by atoms with van der Waals surface area (Å²) in [5.41, 5.74) is 0.843. The van der Waals surface area contributed by atoms with Gasteiger partial charge in [0.05, 0.1) is 6.10 Å². The number of aliphatic hydroxyl groups is 1. The van der Waals surface area contributed by atoms with E-state index in [1.807, 2.05) is 0 Å². The van der Waals surface area contributed by atoms with Crippen LogP contribution in [0, 0.1) is 5.92 Å². The minimum absolute atomic E-state index is 0.0318. The maximum Gasteiger partial charge on any atom is 0.573 e. The van der Waals surface area contributed by atoms with Crippen LogP contribution in [0.3, 0.4) is 0 Å². The predicted octanol–water partition coefficient (Wildman–Crippen LogP) is 2.67. The van der Waals surface area contributed by atoms with Gasteiger partial charge in [-0.15, -0.1) is 13.2 Å². The summed E-state index contributed by atoms with van der Waals surface area (Å²) < 4.78 is 40.2. The Labute approximate surface area is 131 Å². The first-order valence-corrected chi connectivity index (χ1v) is 7.66. The number of rotatable bonds is 3. The normalized spacial score (nSPS) is 27.7. The van der Waals surface area contributed by atoms with Crippen LogP contribution in [0.15, 0.2) is 24.3 Å². The molecule has 2 aliphatic rings. The van der Waals surface area contributed by atoms with Crippen LogP contribution in [0.5, 0.6) is 5.75 Å². The van der Waals surface area contributed by atoms with Gasteiger partial charge in [-0.1, -0.05) is 12.1 Å². The van der Waals surface area contributed by atoms with Gasteiger partial charge in [-0.2, -0.15) is 0 Å². The number of amides is 1. The number of carbonyl (C=O) groups excluding carboxylic acids is 1. The molecule has 1 saturated heterocycles. The minimum atomic E-state index is -4.70. The lowest BCUT2D eigenvalue weighted by atomic mass is 10.1. The summed E-state index contributed by atoms with van der Waals surface area (Å²) in [6.07, 6.45) is -2.94. The molecule has 3 atom stereocenters. The lowest BCUT2D eigenvalue weighted by Crippen LogP contribution is -2.43. The van der Waals surface area contributed by atoms with Crippen molar-refractivity contribution >= 4 is 5.91 Å². The van der Waals surface area contributed by atoms with E-state index in [9.17, 15) is 23.1 Å². The Kier molecular flexibility index (Phi) is 4.23. The zero-order chi connectivity index (χ0) is 16.6. The average molecular weight is 329 g/mol. The van der Waals surface area contributed by atoms with Crippen LogP contribution in [0.1, 0.15) is 30.7 Å². The summed E-state index contributed by atoms with van der Waals surface area (Å²) in [6.45, 7) is 1.04. The van der Waals surface area contributed by atoms with Crippen molar-refractivity contribution in [1.29, 1.82) is 0 Å². The van der Waals surface area contributed by atoms with E-state index in [0.717, 1.165) is 18.4 Å². The molecule has 3 rings (SSSR count). The first-order valence-electron chi connectivity index (χ1n) is 7.66. The number of benzene rings is 1. The van der Waals surface area contributed by atoms with E-state index in [-0.39, 0.29) is 23.5 Å². The van der Waals surface area contributed by atoms with Gasteiger partial charge in [0.15, 0.2) is 0 Å². The van der Waals surface area contributed by atoms with Crippen molar-refractivity contribution in [2.45, 2.75) is 37.6 Å². The van der Waals surface area contributed by atoms with Crippen LogP contribution in [0.4, 0.5) is 13.2 Å². The molecule has 0 aromatic heterocycles. The van der Waals surface area contributed by atoms with E-state index in [1.54, 1.807) is 17.0 Å². The summed E-state index contributed by atoms with van der Waals surface area (Å²) >= 11 is 0. The van der Waals surface area contributed by atoms with Gasteiger partial charge in [-0.05, 0) is 42.9 Å². The van der Waals surface area contributed by atoms with Gasteiger partial charge < -0.3 is 14.7 Å². The predicted molar refractivity (Wildman–Crippen MR) is 75.8 cm³/mol. The van der Waals surface area contributed by atoms with E-state index >= 15 is 0 Å². The molecule has 0 radical (unpaired) electrons. The molecule has 1 aliphatic heterocycles. The third kappa shape index (κ3) is 3.96. The Morgan fingerprint density at radius 3 is 2.57 bits per heavy atom. The summed E-state index contributed by atoms with van der Waals surface area (Å²) in [7, 11) is 0. The number of aliphatic hydroxyl groups excluding tert-OH is 1. The molecule has 126 valence electrons. The number of piperidine rings is 1. The number of hydrogen-bond acceptors (Lipinski definition) is 3. The highest BCUT2D eigenvalue weighted by Gasteiger charge is 2.46. The molecule has 0 bridgehead atoms. The van der Waals surface area contributed by atoms with E-state index in [4.69, 9.17) is 0 Å². The van der Waals surface area contributed by atoms with Crippen LogP contribution in [0.25, 0.3) is 0 Å². The van der Waals surface area contributed by atoms with Crippen molar-refractivity contribution < 1.29 is 27.8 Å². The topological polar surface area (TPSA) is 49.8 Å². The second-order valence-corrected chi connectivity index (χ2v) is 6.15. The lowest BCUT2D eigenvalue weighted by molar-refractivity contribution is -0.274. The van der Waals surface area contributed by atoms with E-state index < -0.39 is 12.5 Å². The third-order valence-corrected chi connectivity index (χ3v) is 4.36. The third-order valence-electron chi connectivity index (χ3n) is 4.36. The van der Waals surface area contributed by atoms with Crippen molar-refractivity contribution in [2.75, 3.05) is 13.1 Å². The number of carbonyl (C=O) groups is 1. The van der Waals surface area contributed by atoms with Crippen LogP contribution in [0.2, 0.25) is 0 Å². The Balaban J connectivity index is 1.58. The number of halogens is 3. The fraction of sp³-hybridized carbons (Fsp3) is 0.562. The van der Waals surface area contributed by atoms with E-state index in [2.05, 4.69) is 4.74 Å². The Hall–Kier alpha value is -1.76. The van der Waals surface area contributed by atoms with Crippen molar-refractivity contribution in [3.05, 3.63) is 29.8 Å². The van der Waals surface area contributed by atoms with Gasteiger partial charge in [-0.25, -0.2) is 0 Å². The van der Waals surface area contributed by atoms with E-state index in [0.29, 0.717) is 19.5 Å². The zero-order valence-electron chi connectivity index (χ0n) is 12.4. The highest BCUT2D eigenvalue weighted by molar-refractivity contribution is 5.83. The van der Waals surface area contributed by atoms with Gasteiger partial charge in [0, 0.05) is 19.0 Å². The van der Waals surface area contributed by atoms with Crippen molar-refractivity contribution in [3.63, 3.8) is 0 Å². The molecular weight excluding hydrogens is 311 g/mol. The summed E-state index contributed by atoms with van der Waals surface area (Å²) in [4.78, 5) is 14.1. The molecule has 23 heavy (non-hydrogen) atoms. The standard InChI is InChI=1S/C16H18F3NO3/c17-16(18,19)23-12-5-3-10(4-6-12)13-8-14(13)15(22)20-7-1-2-11(21)9-20/h3-6,11,13-14,21H,1-2,7-9H2. The molecular formula is C16H18F3NO3. The van der Waals surface area contributed by atoms with Crippen LogP contribution in [-0.2, 0) is 4.79 Å². The molecule has 1 amide bonds. The number of hydrogen-bond donors (Lipinski definition) is 1. The van der Waals surface area contributed by atoms with Crippen molar-refractivity contribution in [1.82, 2.24) is 4.90 Å². The second kappa shape index (κ2) is 6.03. The molecule has 4 nitrogen and oxygen atoms in total. The Morgan fingerprint density at radius 1 is 1.26 bits per heavy atom. The fourth-order valence-corrected chi connectivity index (χ4v) is 3.14. The van der Waals surface area contributed by atoms with Gasteiger partial charge in [0.2, 0.25) is 5.91 Å². The summed E-state index contributed by atoms with van der Waals surface area (Å²) in [6, 6.07) is 5.69. The zero-order valence-corrected chi connectivity index (χ0v) is 12.4. The molecule has 3 unspecified atom stereocenters. The molecule has 1 aromatic carbocycles. The number of ether oxygens (including phenoxy) is 1. The smallest absolute Gasteiger partial charge is 0.406 e. The molecule has 1 N–H and O–H groups in total. The molecule has 1 aromatic rings. The van der Waals surface area contributed by atoms with Gasteiger partial charge in [0.1, 0.15) is 5.75 Å². The van der Waals surface area contributed by atoms with Gasteiger partial charge in [-0.3, -0.25) is 4.79 Å². The Bertz CT molecular complexity index is 573. The highest BCUT2D eigenvalue weighted by atomic mass is 19.4. The summed E-state index contributed by atoms with van der Waals surface area (Å²) in [5.74, 6) is -0.315. The minimum Gasteiger partial charge on any atom is -0.406 e. The molecule has 7 heteroatoms. The molecule has 1 saturated carbocycles. The first kappa shape index (κ1) is 16.1. The van der Waals surface area contributed by atoms with Crippen molar-refractivity contribution in [2.24, 2.45) is 5.92 Å². The number of alkyl halides is 3. The first-order chi connectivity index (χ1) is 10.8. The van der Waals surface area contributed by atoms with Crippen molar-refractivity contribution in [3.8, 4) is 5.75 Å². The second-order valence-electron chi connectivity index (χ2n) is 6.15. The number of β-amino-alcohol motifs (C(OH)–C–C–N with tert-alkyl or cyclic N) is 1. The van der Waals surface area contributed by atoms with Crippen LogP contribution >= 0.6 is 0 Å². The number of likely N-dealkylation sites (tertiary alicyclic amines) is 1. The van der Waals surface area contributed by atoms with Gasteiger partial charge in [0.25, 0.3) is 0 Å². The highest BCUT2D eigenvalue weighted by Crippen LogP contribution is 2.49. The van der Waals surface area contributed by atoms with E-state index in [1.165, 1.54) is 12.1 Å². The SMILES string of the molecule is O=C(C1CC1c1ccc(OC(F)(F)F)cc1)N1CCCC(O)C1. The molecule has 0 spiro atoms. The Morgan fingerprint density at radius 2 is 1.96 bits per heavy atom. The molecule has 1 aliphatic carbocycles. The quantitative estimate of drug-likeness (QED) is 0.927. The maximum absolute atomic E-state index is 12.4. The summed E-state index contributed by atoms with van der Waals surface area (Å²) in [5, 5.41) is 9.64. The maximum atomic E-state index is 12.4. The molecule has 2 fully saturated rings. The monoisotopic (exact) mass is 329 g/mol.